The highest BCUT2D eigenvalue weighted by molar-refractivity contribution is 7.89. The van der Waals surface area contributed by atoms with Crippen LogP contribution in [0.3, 0.4) is 0 Å². The molecule has 0 amide bonds. The van der Waals surface area contributed by atoms with Gasteiger partial charge in [-0.3, -0.25) is 0 Å². The second kappa shape index (κ2) is 7.54. The van der Waals surface area contributed by atoms with Crippen molar-refractivity contribution in [1.82, 2.24) is 14.3 Å². The number of ether oxygens (including phenoxy) is 1. The van der Waals surface area contributed by atoms with Crippen LogP contribution in [0.25, 0.3) is 0 Å². The average Bonchev–Trinajstić information content (AvgIpc) is 3.07. The molecule has 27 heavy (non-hydrogen) atoms. The number of sulfonamides is 1. The fraction of sp³-hybridized carbons (Fsp3) is 0.250. The van der Waals surface area contributed by atoms with Crippen LogP contribution < -0.4 is 9.46 Å². The van der Waals surface area contributed by atoms with Crippen molar-refractivity contribution in [2.45, 2.75) is 24.8 Å². The normalized spacial score (nSPS) is 12.7. The van der Waals surface area contributed by atoms with E-state index in [1.807, 2.05) is 51.2 Å². The number of methoxy groups -OCH3 is 1. The van der Waals surface area contributed by atoms with Gasteiger partial charge in [0.1, 0.15) is 17.6 Å². The maximum Gasteiger partial charge on any atom is 0.241 e. The minimum absolute atomic E-state index is 0.229. The minimum atomic E-state index is -3.75. The molecule has 0 aliphatic carbocycles. The molecule has 3 rings (SSSR count). The number of rotatable bonds is 6. The third-order valence-electron chi connectivity index (χ3n) is 4.61. The zero-order chi connectivity index (χ0) is 19.6. The van der Waals surface area contributed by atoms with E-state index in [9.17, 15) is 8.42 Å². The van der Waals surface area contributed by atoms with Gasteiger partial charge in [-0.2, -0.15) is 4.72 Å². The van der Waals surface area contributed by atoms with Crippen LogP contribution in [0, 0.1) is 13.8 Å². The van der Waals surface area contributed by atoms with Crippen molar-refractivity contribution in [2.75, 3.05) is 7.11 Å². The molecule has 0 spiro atoms. The van der Waals surface area contributed by atoms with Crippen LogP contribution in [0.15, 0.2) is 59.8 Å². The van der Waals surface area contributed by atoms with E-state index in [1.54, 1.807) is 36.2 Å². The van der Waals surface area contributed by atoms with Crippen LogP contribution in [0.2, 0.25) is 0 Å². The van der Waals surface area contributed by atoms with E-state index < -0.39 is 16.1 Å². The van der Waals surface area contributed by atoms with Gasteiger partial charge < -0.3 is 9.30 Å². The van der Waals surface area contributed by atoms with Gasteiger partial charge in [-0.15, -0.1) is 0 Å². The lowest BCUT2D eigenvalue weighted by Gasteiger charge is -2.20. The Morgan fingerprint density at radius 3 is 2.52 bits per heavy atom. The number of aryl methyl sites for hydroxylation is 3. The van der Waals surface area contributed by atoms with E-state index in [4.69, 9.17) is 4.74 Å². The molecule has 142 valence electrons. The Labute approximate surface area is 159 Å². The first-order valence-corrected chi connectivity index (χ1v) is 10.0. The predicted octanol–water partition coefficient (Wildman–Crippen LogP) is 3.11. The Balaban J connectivity index is 2.05. The van der Waals surface area contributed by atoms with E-state index in [-0.39, 0.29) is 4.90 Å². The molecule has 1 aromatic heterocycles. The van der Waals surface area contributed by atoms with Gasteiger partial charge in [-0.05, 0) is 54.8 Å². The Hall–Kier alpha value is -2.64. The molecule has 7 heteroatoms. The molecule has 0 aliphatic heterocycles. The first kappa shape index (κ1) is 19.1. The maximum atomic E-state index is 13.1. The standard InChI is InChI=1S/C20H23N3O3S/c1-14-8-9-18(12-15(14)2)27(24,25)22-19(20-21-10-11-23(20)3)16-6-5-7-17(13-16)26-4/h5-13,19,22H,1-4H3. The van der Waals surface area contributed by atoms with Crippen LogP contribution in [-0.2, 0) is 17.1 Å². The largest absolute Gasteiger partial charge is 0.497 e. The number of imidazole rings is 1. The van der Waals surface area contributed by atoms with E-state index in [1.165, 1.54) is 0 Å². The lowest BCUT2D eigenvalue weighted by molar-refractivity contribution is 0.413. The summed E-state index contributed by atoms with van der Waals surface area (Å²) in [4.78, 5) is 4.58. The van der Waals surface area contributed by atoms with Gasteiger partial charge in [0.2, 0.25) is 10.0 Å². The summed E-state index contributed by atoms with van der Waals surface area (Å²) >= 11 is 0. The Morgan fingerprint density at radius 2 is 1.89 bits per heavy atom. The van der Waals surface area contributed by atoms with Crippen molar-refractivity contribution in [3.8, 4) is 5.75 Å². The molecule has 0 bridgehead atoms. The fourth-order valence-corrected chi connectivity index (χ4v) is 4.12. The molecule has 6 nitrogen and oxygen atoms in total. The summed E-state index contributed by atoms with van der Waals surface area (Å²) in [6.07, 6.45) is 3.43. The summed E-state index contributed by atoms with van der Waals surface area (Å²) in [5, 5.41) is 0. The quantitative estimate of drug-likeness (QED) is 0.708. The first-order chi connectivity index (χ1) is 12.8. The van der Waals surface area contributed by atoms with E-state index >= 15 is 0 Å². The lowest BCUT2D eigenvalue weighted by atomic mass is 10.1. The molecule has 3 aromatic rings. The summed E-state index contributed by atoms with van der Waals surface area (Å²) in [5.74, 6) is 1.24. The van der Waals surface area contributed by atoms with Gasteiger partial charge in [0.25, 0.3) is 0 Å². The highest BCUT2D eigenvalue weighted by atomic mass is 32.2. The third-order valence-corrected chi connectivity index (χ3v) is 6.03. The Kier molecular flexibility index (Phi) is 5.34. The fourth-order valence-electron chi connectivity index (χ4n) is 2.85. The molecule has 0 saturated heterocycles. The van der Waals surface area contributed by atoms with Gasteiger partial charge in [0.15, 0.2) is 0 Å². The van der Waals surface area contributed by atoms with Crippen LogP contribution in [-0.4, -0.2) is 25.1 Å². The molecule has 0 fully saturated rings. The van der Waals surface area contributed by atoms with Crippen LogP contribution >= 0.6 is 0 Å². The van der Waals surface area contributed by atoms with Crippen molar-refractivity contribution >= 4 is 10.0 Å². The maximum absolute atomic E-state index is 13.1. The van der Waals surface area contributed by atoms with Crippen LogP contribution in [0.5, 0.6) is 5.75 Å². The van der Waals surface area contributed by atoms with Crippen molar-refractivity contribution in [1.29, 1.82) is 0 Å². The number of hydrogen-bond acceptors (Lipinski definition) is 4. The molecule has 1 N–H and O–H groups in total. The molecule has 0 radical (unpaired) electrons. The summed E-state index contributed by atoms with van der Waals surface area (Å²) in [7, 11) is -0.343. The van der Waals surface area contributed by atoms with E-state index in [0.29, 0.717) is 11.6 Å². The van der Waals surface area contributed by atoms with Crippen molar-refractivity contribution < 1.29 is 13.2 Å². The zero-order valence-electron chi connectivity index (χ0n) is 15.8. The van der Waals surface area contributed by atoms with Gasteiger partial charge in [-0.1, -0.05) is 18.2 Å². The van der Waals surface area contributed by atoms with Crippen molar-refractivity contribution in [3.05, 3.63) is 77.4 Å². The summed E-state index contributed by atoms with van der Waals surface area (Å²) in [6, 6.07) is 11.8. The minimum Gasteiger partial charge on any atom is -0.497 e. The molecule has 0 saturated carbocycles. The Bertz CT molecular complexity index is 1060. The van der Waals surface area contributed by atoms with Crippen molar-refractivity contribution in [2.24, 2.45) is 7.05 Å². The summed E-state index contributed by atoms with van der Waals surface area (Å²) in [6.45, 7) is 3.85. The van der Waals surface area contributed by atoms with Gasteiger partial charge in [0.05, 0.1) is 12.0 Å². The molecule has 0 aliphatic rings. The summed E-state index contributed by atoms with van der Waals surface area (Å²) in [5.41, 5.74) is 2.71. The Morgan fingerprint density at radius 1 is 1.11 bits per heavy atom. The predicted molar refractivity (Wildman–Crippen MR) is 104 cm³/mol. The zero-order valence-corrected chi connectivity index (χ0v) is 16.6. The molecular formula is C20H23N3O3S. The van der Waals surface area contributed by atoms with Gasteiger partial charge in [-0.25, -0.2) is 13.4 Å². The van der Waals surface area contributed by atoms with Crippen LogP contribution in [0.4, 0.5) is 0 Å². The van der Waals surface area contributed by atoms with Crippen molar-refractivity contribution in [3.63, 3.8) is 0 Å². The molecular weight excluding hydrogens is 362 g/mol. The van der Waals surface area contributed by atoms with E-state index in [2.05, 4.69) is 9.71 Å². The first-order valence-electron chi connectivity index (χ1n) is 8.52. The summed E-state index contributed by atoms with van der Waals surface area (Å²) < 4.78 is 36.0. The van der Waals surface area contributed by atoms with E-state index in [0.717, 1.165) is 16.7 Å². The lowest BCUT2D eigenvalue weighted by Crippen LogP contribution is -2.31. The third kappa shape index (κ3) is 4.04. The molecule has 1 heterocycles. The SMILES string of the molecule is COc1cccc(C(NS(=O)(=O)c2ccc(C)c(C)c2)c2nccn2C)c1. The number of hydrogen-bond donors (Lipinski definition) is 1. The number of benzene rings is 2. The smallest absolute Gasteiger partial charge is 0.241 e. The molecule has 1 atom stereocenters. The average molecular weight is 385 g/mol. The van der Waals surface area contributed by atoms with Crippen LogP contribution in [0.1, 0.15) is 28.6 Å². The molecule has 2 aromatic carbocycles. The van der Waals surface area contributed by atoms with Gasteiger partial charge >= 0.3 is 0 Å². The number of nitrogens with one attached hydrogen (secondary N) is 1. The van der Waals surface area contributed by atoms with Gasteiger partial charge in [0, 0.05) is 19.4 Å². The monoisotopic (exact) mass is 385 g/mol. The molecule has 1 unspecified atom stereocenters. The highest BCUT2D eigenvalue weighted by Gasteiger charge is 2.26. The second-order valence-electron chi connectivity index (χ2n) is 6.47. The topological polar surface area (TPSA) is 73.2 Å². The second-order valence-corrected chi connectivity index (χ2v) is 8.19. The highest BCUT2D eigenvalue weighted by Crippen LogP contribution is 2.26. The number of aromatic nitrogens is 2. The number of nitrogens with zero attached hydrogens (tertiary/aromatic N) is 2.